The fourth-order valence-electron chi connectivity index (χ4n) is 2.26. The number of rotatable bonds is 6. The molecule has 0 saturated carbocycles. The Morgan fingerprint density at radius 1 is 1.28 bits per heavy atom. The van der Waals surface area contributed by atoms with Crippen molar-refractivity contribution < 1.29 is 4.74 Å². The molecule has 5 heteroatoms. The summed E-state index contributed by atoms with van der Waals surface area (Å²) in [6.45, 7) is 3.57. The number of piperidine rings is 1. The molecule has 4 nitrogen and oxygen atoms in total. The topological polar surface area (TPSA) is 47.0 Å². The van der Waals surface area contributed by atoms with Crippen LogP contribution < -0.4 is 5.32 Å². The predicted octanol–water partition coefficient (Wildman–Crippen LogP) is 2.43. The van der Waals surface area contributed by atoms with E-state index >= 15 is 0 Å². The van der Waals surface area contributed by atoms with Gasteiger partial charge in [0.1, 0.15) is 5.69 Å². The average molecular weight is 270 g/mol. The number of nitrogens with zero attached hydrogens (tertiary/aromatic N) is 2. The lowest BCUT2D eigenvalue weighted by Gasteiger charge is -2.22. The normalized spacial score (nSPS) is 16.9. The summed E-state index contributed by atoms with van der Waals surface area (Å²) in [4.78, 5) is 8.11. The zero-order valence-corrected chi connectivity index (χ0v) is 11.3. The second-order valence-electron chi connectivity index (χ2n) is 4.68. The van der Waals surface area contributed by atoms with Crippen molar-refractivity contribution in [2.75, 3.05) is 19.7 Å². The van der Waals surface area contributed by atoms with Gasteiger partial charge >= 0.3 is 0 Å². The van der Waals surface area contributed by atoms with Gasteiger partial charge in [0.15, 0.2) is 5.15 Å². The molecule has 100 valence electrons. The molecule has 18 heavy (non-hydrogen) atoms. The van der Waals surface area contributed by atoms with Gasteiger partial charge in [0, 0.05) is 19.0 Å². The quantitative estimate of drug-likeness (QED) is 0.806. The van der Waals surface area contributed by atoms with Crippen molar-refractivity contribution in [2.45, 2.75) is 32.3 Å². The van der Waals surface area contributed by atoms with E-state index in [9.17, 15) is 0 Å². The fourth-order valence-corrected chi connectivity index (χ4v) is 2.42. The van der Waals surface area contributed by atoms with E-state index in [1.54, 1.807) is 12.4 Å². The summed E-state index contributed by atoms with van der Waals surface area (Å²) in [5.74, 6) is 0.870. The van der Waals surface area contributed by atoms with Crippen molar-refractivity contribution in [3.05, 3.63) is 23.2 Å². The van der Waals surface area contributed by atoms with Gasteiger partial charge < -0.3 is 10.1 Å². The summed E-state index contributed by atoms with van der Waals surface area (Å²) in [7, 11) is 0. The van der Waals surface area contributed by atoms with Crippen LogP contribution in [0.15, 0.2) is 12.4 Å². The van der Waals surface area contributed by atoms with Gasteiger partial charge in [-0.15, -0.1) is 0 Å². The number of halogens is 1. The summed E-state index contributed by atoms with van der Waals surface area (Å²) < 4.78 is 5.59. The third kappa shape index (κ3) is 4.52. The monoisotopic (exact) mass is 269 g/mol. The van der Waals surface area contributed by atoms with Gasteiger partial charge in [-0.05, 0) is 44.7 Å². The van der Waals surface area contributed by atoms with Crippen LogP contribution in [0.25, 0.3) is 0 Å². The van der Waals surface area contributed by atoms with E-state index in [-0.39, 0.29) is 0 Å². The molecule has 0 aliphatic carbocycles. The Morgan fingerprint density at radius 2 is 2.06 bits per heavy atom. The van der Waals surface area contributed by atoms with Crippen LogP contribution in [-0.4, -0.2) is 29.7 Å². The maximum atomic E-state index is 5.90. The van der Waals surface area contributed by atoms with Gasteiger partial charge in [0.05, 0.1) is 6.61 Å². The Balaban J connectivity index is 1.57. The van der Waals surface area contributed by atoms with E-state index in [4.69, 9.17) is 16.3 Å². The molecule has 1 saturated heterocycles. The zero-order valence-electron chi connectivity index (χ0n) is 10.6. The standard InChI is InChI=1S/C13H20ClN3O/c14-13-12(16-7-8-17-13)10-18-9-1-2-11-3-5-15-6-4-11/h7-8,11,15H,1-6,9-10H2. The summed E-state index contributed by atoms with van der Waals surface area (Å²) in [6.07, 6.45) is 8.20. The molecule has 1 aliphatic rings. The lowest BCUT2D eigenvalue weighted by Crippen LogP contribution is -2.27. The molecule has 1 N–H and O–H groups in total. The molecule has 2 heterocycles. The van der Waals surface area contributed by atoms with Crippen LogP contribution in [0.3, 0.4) is 0 Å². The second-order valence-corrected chi connectivity index (χ2v) is 5.04. The predicted molar refractivity (Wildman–Crippen MR) is 71.5 cm³/mol. The van der Waals surface area contributed by atoms with Gasteiger partial charge in [-0.1, -0.05) is 11.6 Å². The maximum absolute atomic E-state index is 5.90. The first-order valence-corrected chi connectivity index (χ1v) is 6.98. The highest BCUT2D eigenvalue weighted by Gasteiger charge is 2.12. The van der Waals surface area contributed by atoms with E-state index in [0.29, 0.717) is 11.8 Å². The second kappa shape index (κ2) is 7.67. The lowest BCUT2D eigenvalue weighted by molar-refractivity contribution is 0.109. The molecule has 0 unspecified atom stereocenters. The highest BCUT2D eigenvalue weighted by molar-refractivity contribution is 6.29. The Morgan fingerprint density at radius 3 is 2.83 bits per heavy atom. The largest absolute Gasteiger partial charge is 0.375 e. The Kier molecular flexibility index (Phi) is 5.84. The van der Waals surface area contributed by atoms with E-state index in [1.165, 1.54) is 32.4 Å². The molecule has 0 bridgehead atoms. The Hall–Kier alpha value is -0.710. The lowest BCUT2D eigenvalue weighted by atomic mass is 9.93. The summed E-state index contributed by atoms with van der Waals surface area (Å²) in [5, 5.41) is 3.82. The minimum atomic E-state index is 0.441. The van der Waals surface area contributed by atoms with E-state index in [1.807, 2.05) is 0 Å². The van der Waals surface area contributed by atoms with Crippen molar-refractivity contribution in [3.8, 4) is 0 Å². The molecule has 1 fully saturated rings. The molecular formula is C13H20ClN3O. The van der Waals surface area contributed by atoms with Crippen molar-refractivity contribution in [2.24, 2.45) is 5.92 Å². The highest BCUT2D eigenvalue weighted by atomic mass is 35.5. The highest BCUT2D eigenvalue weighted by Crippen LogP contribution is 2.17. The van der Waals surface area contributed by atoms with Crippen LogP contribution >= 0.6 is 11.6 Å². The van der Waals surface area contributed by atoms with Crippen molar-refractivity contribution in [1.82, 2.24) is 15.3 Å². The first-order chi connectivity index (χ1) is 8.86. The van der Waals surface area contributed by atoms with Gasteiger partial charge in [0.2, 0.25) is 0 Å². The van der Waals surface area contributed by atoms with E-state index < -0.39 is 0 Å². The van der Waals surface area contributed by atoms with Crippen LogP contribution in [-0.2, 0) is 11.3 Å². The summed E-state index contributed by atoms with van der Waals surface area (Å²) in [6, 6.07) is 0. The molecule has 2 rings (SSSR count). The van der Waals surface area contributed by atoms with E-state index in [0.717, 1.165) is 24.6 Å². The molecule has 0 aromatic carbocycles. The van der Waals surface area contributed by atoms with Crippen LogP contribution in [0.2, 0.25) is 5.15 Å². The van der Waals surface area contributed by atoms with Gasteiger partial charge in [-0.25, -0.2) is 4.98 Å². The van der Waals surface area contributed by atoms with Crippen molar-refractivity contribution >= 4 is 11.6 Å². The number of hydrogen-bond donors (Lipinski definition) is 1. The van der Waals surface area contributed by atoms with Crippen molar-refractivity contribution in [3.63, 3.8) is 0 Å². The molecule has 1 aromatic rings. The summed E-state index contributed by atoms with van der Waals surface area (Å²) in [5.41, 5.74) is 0.723. The van der Waals surface area contributed by atoms with Crippen LogP contribution in [0, 0.1) is 5.92 Å². The minimum Gasteiger partial charge on any atom is -0.375 e. The number of aromatic nitrogens is 2. The molecular weight excluding hydrogens is 250 g/mol. The van der Waals surface area contributed by atoms with Gasteiger partial charge in [-0.2, -0.15) is 0 Å². The SMILES string of the molecule is Clc1nccnc1COCCCC1CCNCC1. The molecule has 0 radical (unpaired) electrons. The third-order valence-electron chi connectivity index (χ3n) is 3.32. The molecule has 1 aromatic heterocycles. The number of nitrogens with one attached hydrogen (secondary N) is 1. The third-order valence-corrected chi connectivity index (χ3v) is 3.64. The maximum Gasteiger partial charge on any atom is 0.152 e. The summed E-state index contributed by atoms with van der Waals surface area (Å²) >= 11 is 5.90. The van der Waals surface area contributed by atoms with Gasteiger partial charge in [0.25, 0.3) is 0 Å². The Labute approximate surface area is 113 Å². The van der Waals surface area contributed by atoms with Crippen LogP contribution in [0.5, 0.6) is 0 Å². The van der Waals surface area contributed by atoms with E-state index in [2.05, 4.69) is 15.3 Å². The van der Waals surface area contributed by atoms with Crippen molar-refractivity contribution in [1.29, 1.82) is 0 Å². The fraction of sp³-hybridized carbons (Fsp3) is 0.692. The first-order valence-electron chi connectivity index (χ1n) is 6.60. The average Bonchev–Trinajstić information content (AvgIpc) is 2.42. The zero-order chi connectivity index (χ0) is 12.6. The minimum absolute atomic E-state index is 0.441. The molecule has 1 aliphatic heterocycles. The van der Waals surface area contributed by atoms with Crippen LogP contribution in [0.4, 0.5) is 0 Å². The molecule has 0 spiro atoms. The number of ether oxygens (including phenoxy) is 1. The van der Waals surface area contributed by atoms with Crippen LogP contribution in [0.1, 0.15) is 31.4 Å². The smallest absolute Gasteiger partial charge is 0.152 e. The first kappa shape index (κ1) is 13.7. The Bertz CT molecular complexity index is 356. The molecule has 0 amide bonds. The van der Waals surface area contributed by atoms with Gasteiger partial charge in [-0.3, -0.25) is 4.98 Å². The molecule has 0 atom stereocenters. The number of hydrogen-bond acceptors (Lipinski definition) is 4.